The molecule has 6 rings (SSSR count). The molecule has 3 aliphatic rings. The van der Waals surface area contributed by atoms with Crippen LogP contribution in [0.25, 0.3) is 21.9 Å². The van der Waals surface area contributed by atoms with Crippen LogP contribution in [0, 0.1) is 0 Å². The normalized spacial score (nSPS) is 23.5. The summed E-state index contributed by atoms with van der Waals surface area (Å²) in [5.41, 5.74) is 1.82. The highest BCUT2D eigenvalue weighted by Crippen LogP contribution is 2.50. The Morgan fingerprint density at radius 2 is 1.52 bits per heavy atom. The molecular weight excluding hydrogens is 580 g/mol. The van der Waals surface area contributed by atoms with Crippen molar-refractivity contribution < 1.29 is 62.1 Å². The van der Waals surface area contributed by atoms with Crippen molar-refractivity contribution in [2.75, 3.05) is 21.0 Å². The summed E-state index contributed by atoms with van der Waals surface area (Å²) in [5.74, 6) is 0.0715. The van der Waals surface area contributed by atoms with Gasteiger partial charge < -0.3 is 47.7 Å². The number of carbonyl (C=O) groups is 3. The Morgan fingerprint density at radius 3 is 2.20 bits per heavy atom. The van der Waals surface area contributed by atoms with Gasteiger partial charge in [-0.3, -0.25) is 9.59 Å². The zero-order chi connectivity index (χ0) is 31.3. The fourth-order valence-corrected chi connectivity index (χ4v) is 5.77. The van der Waals surface area contributed by atoms with Crippen molar-refractivity contribution >= 4 is 28.7 Å². The molecule has 3 heterocycles. The van der Waals surface area contributed by atoms with E-state index in [2.05, 4.69) is 0 Å². The summed E-state index contributed by atoms with van der Waals surface area (Å²) in [5, 5.41) is 12.2. The van der Waals surface area contributed by atoms with Gasteiger partial charge in [-0.25, -0.2) is 4.79 Å². The van der Waals surface area contributed by atoms with Gasteiger partial charge in [0.05, 0.1) is 25.9 Å². The van der Waals surface area contributed by atoms with Crippen molar-refractivity contribution in [1.29, 1.82) is 0 Å². The first-order valence-electron chi connectivity index (χ1n) is 13.8. The molecule has 44 heavy (non-hydrogen) atoms. The first-order valence-corrected chi connectivity index (χ1v) is 13.8. The zero-order valence-corrected chi connectivity index (χ0v) is 24.5. The Balaban J connectivity index is 1.55. The lowest BCUT2D eigenvalue weighted by Gasteiger charge is -2.42. The maximum atomic E-state index is 13.3. The summed E-state index contributed by atoms with van der Waals surface area (Å²) in [4.78, 5) is 37.1. The summed E-state index contributed by atoms with van der Waals surface area (Å²) < 4.78 is 50.9. The number of cyclic esters (lactones) is 1. The monoisotopic (exact) mass is 610 g/mol. The maximum absolute atomic E-state index is 13.3. The van der Waals surface area contributed by atoms with Crippen molar-refractivity contribution in [1.82, 2.24) is 0 Å². The van der Waals surface area contributed by atoms with Gasteiger partial charge in [-0.15, -0.1) is 0 Å². The molecule has 0 spiro atoms. The molecule has 1 saturated heterocycles. The summed E-state index contributed by atoms with van der Waals surface area (Å²) in [6, 6.07) is 8.73. The molecular formula is C31H30O13. The van der Waals surface area contributed by atoms with E-state index in [9.17, 15) is 19.5 Å². The van der Waals surface area contributed by atoms with Crippen molar-refractivity contribution in [3.63, 3.8) is 0 Å². The van der Waals surface area contributed by atoms with Crippen LogP contribution in [0.15, 0.2) is 30.3 Å². The van der Waals surface area contributed by atoms with E-state index in [1.54, 1.807) is 37.3 Å². The molecule has 0 saturated carbocycles. The summed E-state index contributed by atoms with van der Waals surface area (Å²) >= 11 is 0. The lowest BCUT2D eigenvalue weighted by Crippen LogP contribution is -2.60. The Hall–Kier alpha value is -4.75. The molecule has 13 nitrogen and oxygen atoms in total. The van der Waals surface area contributed by atoms with Crippen LogP contribution in [-0.2, 0) is 35.1 Å². The van der Waals surface area contributed by atoms with E-state index in [0.717, 1.165) is 0 Å². The molecule has 232 valence electrons. The van der Waals surface area contributed by atoms with Crippen molar-refractivity contribution in [3.05, 3.63) is 41.5 Å². The van der Waals surface area contributed by atoms with E-state index < -0.39 is 48.6 Å². The number of hydrogen-bond donors (Lipinski definition) is 1. The van der Waals surface area contributed by atoms with Gasteiger partial charge in [0.1, 0.15) is 18.5 Å². The van der Waals surface area contributed by atoms with Gasteiger partial charge in [-0.05, 0) is 42.1 Å². The highest BCUT2D eigenvalue weighted by atomic mass is 16.7. The van der Waals surface area contributed by atoms with Gasteiger partial charge in [0.15, 0.2) is 35.2 Å². The molecule has 0 aromatic heterocycles. The van der Waals surface area contributed by atoms with Crippen LogP contribution in [0.2, 0.25) is 0 Å². The second-order valence-electron chi connectivity index (χ2n) is 10.4. The SMILES string of the molecule is COc1cc2c(OC3O[C@H](C)[C@@H](OC(C)=O)[C@H](O)[C@H]3OC(C)=O)c3c(c(-c4ccc5c(c4)OCO5)c2cc1OC)C(=O)OC3. The summed E-state index contributed by atoms with van der Waals surface area (Å²) in [7, 11) is 2.97. The van der Waals surface area contributed by atoms with E-state index in [1.807, 2.05) is 0 Å². The number of aliphatic hydroxyl groups is 1. The largest absolute Gasteiger partial charge is 0.493 e. The minimum atomic E-state index is -1.49. The molecule has 0 radical (unpaired) electrons. The van der Waals surface area contributed by atoms with Crippen LogP contribution >= 0.6 is 0 Å². The smallest absolute Gasteiger partial charge is 0.339 e. The van der Waals surface area contributed by atoms with Gasteiger partial charge in [-0.2, -0.15) is 0 Å². The molecule has 1 unspecified atom stereocenters. The van der Waals surface area contributed by atoms with E-state index >= 15 is 0 Å². The van der Waals surface area contributed by atoms with E-state index in [-0.39, 0.29) is 24.7 Å². The lowest BCUT2D eigenvalue weighted by molar-refractivity contribution is -0.276. The third kappa shape index (κ3) is 4.97. The quantitative estimate of drug-likeness (QED) is 0.308. The molecule has 0 bridgehead atoms. The molecule has 5 atom stereocenters. The zero-order valence-electron chi connectivity index (χ0n) is 24.5. The van der Waals surface area contributed by atoms with E-state index in [1.165, 1.54) is 28.1 Å². The van der Waals surface area contributed by atoms with Crippen LogP contribution < -0.4 is 23.7 Å². The molecule has 3 aliphatic heterocycles. The highest BCUT2D eigenvalue weighted by Gasteiger charge is 2.49. The van der Waals surface area contributed by atoms with E-state index in [4.69, 9.17) is 42.6 Å². The number of fused-ring (bicyclic) bond motifs is 3. The highest BCUT2D eigenvalue weighted by molar-refractivity contribution is 6.14. The van der Waals surface area contributed by atoms with Gasteiger partial charge in [0.25, 0.3) is 0 Å². The number of hydrogen-bond acceptors (Lipinski definition) is 13. The fourth-order valence-electron chi connectivity index (χ4n) is 5.77. The molecule has 3 aromatic carbocycles. The van der Waals surface area contributed by atoms with E-state index in [0.29, 0.717) is 50.5 Å². The summed E-state index contributed by atoms with van der Waals surface area (Å²) in [6.45, 7) is 3.89. The van der Waals surface area contributed by atoms with Crippen molar-refractivity contribution in [2.24, 2.45) is 0 Å². The Morgan fingerprint density at radius 1 is 0.864 bits per heavy atom. The topological polar surface area (TPSA) is 155 Å². The molecule has 1 N–H and O–H groups in total. The van der Waals surface area contributed by atoms with Crippen LogP contribution in [0.4, 0.5) is 0 Å². The van der Waals surface area contributed by atoms with Crippen LogP contribution in [-0.4, -0.2) is 74.7 Å². The summed E-state index contributed by atoms with van der Waals surface area (Å²) in [6.07, 6.45) is -6.25. The first-order chi connectivity index (χ1) is 21.1. The van der Waals surface area contributed by atoms with Crippen molar-refractivity contribution in [2.45, 2.75) is 58.1 Å². The van der Waals surface area contributed by atoms with Crippen LogP contribution in [0.1, 0.15) is 36.7 Å². The predicted octanol–water partition coefficient (Wildman–Crippen LogP) is 3.27. The fraction of sp³-hybridized carbons (Fsp3) is 0.387. The number of ether oxygens (including phenoxy) is 9. The Kier molecular flexibility index (Phi) is 7.59. The van der Waals surface area contributed by atoms with Gasteiger partial charge >= 0.3 is 17.9 Å². The number of aliphatic hydroxyl groups excluding tert-OH is 1. The molecule has 0 amide bonds. The van der Waals surface area contributed by atoms with Crippen LogP contribution in [0.5, 0.6) is 28.7 Å². The lowest BCUT2D eigenvalue weighted by atomic mass is 9.89. The predicted molar refractivity (Wildman–Crippen MR) is 150 cm³/mol. The number of benzene rings is 3. The number of carbonyl (C=O) groups excluding carboxylic acids is 3. The second kappa shape index (κ2) is 11.4. The van der Waals surface area contributed by atoms with Gasteiger partial charge in [0.2, 0.25) is 13.1 Å². The average Bonchev–Trinajstić information content (AvgIpc) is 3.62. The van der Waals surface area contributed by atoms with Crippen molar-refractivity contribution in [3.8, 4) is 39.9 Å². The first kappa shape index (κ1) is 29.3. The number of rotatable bonds is 7. The number of esters is 3. The third-order valence-corrected chi connectivity index (χ3v) is 7.67. The molecule has 0 aliphatic carbocycles. The maximum Gasteiger partial charge on any atom is 0.339 e. The average molecular weight is 611 g/mol. The van der Waals surface area contributed by atoms with Gasteiger partial charge in [0, 0.05) is 30.4 Å². The Labute approximate surface area is 251 Å². The standard InChI is InChI=1S/C31H30O13/c1-13-27(42-14(2)32)26(34)29(43-15(3)33)31(41-13)44-28-18-10-22(37-5)21(36-4)9-17(18)24(25-19(28)11-38-30(25)35)16-6-7-20-23(8-16)40-12-39-20/h6-10,13,26-27,29,31,34H,11-12H2,1-5H3/t13-,26+,27-,29-,31?/m1/s1. The minimum absolute atomic E-state index is 0.0744. The minimum Gasteiger partial charge on any atom is -0.493 e. The molecule has 1 fully saturated rings. The van der Waals surface area contributed by atoms with Gasteiger partial charge in [-0.1, -0.05) is 6.07 Å². The third-order valence-electron chi connectivity index (χ3n) is 7.67. The second-order valence-corrected chi connectivity index (χ2v) is 10.4. The molecule has 3 aromatic rings. The number of methoxy groups -OCH3 is 2. The van der Waals surface area contributed by atoms with Crippen LogP contribution in [0.3, 0.4) is 0 Å². The molecule has 13 heteroatoms. The Bertz CT molecular complexity index is 1660.